The molecule has 0 aromatic heterocycles. The molecule has 0 aliphatic carbocycles. The highest BCUT2D eigenvalue weighted by molar-refractivity contribution is 7.47. The number of phosphoric acid groups is 2. The topological polar surface area (TPSA) is 231 Å². The molecule has 0 aliphatic heterocycles. The van der Waals surface area contributed by atoms with E-state index < -0.39 is 91.5 Å². The third kappa shape index (κ3) is 79.0. The summed E-state index contributed by atoms with van der Waals surface area (Å²) in [5, 5.41) is 20.6. The molecule has 105 heavy (non-hydrogen) atoms. The number of carbonyl (C=O) groups is 3. The van der Waals surface area contributed by atoms with Gasteiger partial charge in [-0.05, 0) is 167 Å². The van der Waals surface area contributed by atoms with Gasteiger partial charge in [-0.1, -0.05) is 285 Å². The summed E-state index contributed by atoms with van der Waals surface area (Å²) in [5.41, 5.74) is 0. The Bertz CT molecular complexity index is 2740. The first-order chi connectivity index (χ1) is 51.2. The molecule has 0 bridgehead atoms. The van der Waals surface area contributed by atoms with E-state index in [0.717, 1.165) is 161 Å². The molecule has 18 heteroatoms. The van der Waals surface area contributed by atoms with Crippen LogP contribution in [-0.4, -0.2) is 95.9 Å². The zero-order valence-electron chi connectivity index (χ0n) is 64.6. The Morgan fingerprint density at radius 1 is 0.267 bits per heavy atom. The molecule has 0 saturated carbocycles. The van der Waals surface area contributed by atoms with E-state index >= 15 is 0 Å². The predicted molar refractivity (Wildman–Crippen MR) is 435 cm³/mol. The highest BCUT2D eigenvalue weighted by Crippen LogP contribution is 2.45. The summed E-state index contributed by atoms with van der Waals surface area (Å²) >= 11 is 0. The molecule has 4 N–H and O–H groups in total. The van der Waals surface area contributed by atoms with Gasteiger partial charge in [-0.3, -0.25) is 32.5 Å². The highest BCUT2D eigenvalue weighted by Gasteiger charge is 2.29. The maximum absolute atomic E-state index is 13.0. The fraction of sp³-hybridized carbons (Fsp3) is 0.575. The van der Waals surface area contributed by atoms with Crippen molar-refractivity contribution in [2.75, 3.05) is 39.6 Å². The molecule has 0 saturated heterocycles. The lowest BCUT2D eigenvalue weighted by Gasteiger charge is -2.21. The van der Waals surface area contributed by atoms with Gasteiger partial charge in [-0.25, -0.2) is 9.13 Å². The lowest BCUT2D eigenvalue weighted by Crippen LogP contribution is -2.30. The van der Waals surface area contributed by atoms with Crippen LogP contribution in [0.25, 0.3) is 0 Å². The van der Waals surface area contributed by atoms with Crippen molar-refractivity contribution in [2.45, 2.75) is 283 Å². The van der Waals surface area contributed by atoms with Crippen molar-refractivity contribution in [3.8, 4) is 0 Å². The molecule has 0 fully saturated rings. The smallest absolute Gasteiger partial charge is 0.463 e. The van der Waals surface area contributed by atoms with E-state index in [-0.39, 0.29) is 19.3 Å². The maximum atomic E-state index is 13.0. The third-order valence-electron chi connectivity index (χ3n) is 15.5. The second-order valence-electron chi connectivity index (χ2n) is 25.4. The first-order valence-electron chi connectivity index (χ1n) is 39.4. The van der Waals surface area contributed by atoms with Gasteiger partial charge < -0.3 is 34.2 Å². The molecule has 0 amide bonds. The molecular weight excluding hydrogens is 1360 g/mol. The number of rotatable bonds is 72. The molecule has 0 rings (SSSR count). The monoisotopic (exact) mass is 1500 g/mol. The number of allylic oxidation sites excluding steroid dienone is 34. The Balaban J connectivity index is 4.75. The van der Waals surface area contributed by atoms with E-state index in [2.05, 4.69) is 227 Å². The number of hydrogen-bond donors (Lipinski definition) is 4. The number of esters is 3. The molecule has 0 radical (unpaired) electrons. The van der Waals surface area contributed by atoms with Crippen LogP contribution in [0.4, 0.5) is 0 Å². The molecule has 5 unspecified atom stereocenters. The Hall–Kier alpha value is -5.87. The lowest BCUT2D eigenvalue weighted by atomic mass is 10.0. The standard InChI is InChI=1S/C87H138O16P2/c1-4-7-10-13-16-19-22-25-28-31-34-37-38-39-40-41-42-45-47-49-52-55-58-61-64-67-70-73-85(90)97-76-82(88)77-99-104(93,94)100-78-83(89)79-101-105(95,96)102-81-84(103-87(92)75-72-69-66-63-60-57-54-51-48-44-36-33-30-27-24-21-18-15-12-9-6-3)80-98-86(91)74-71-68-65-62-59-56-53-50-46-43-35-32-29-26-23-20-17-14-11-8-5-2/h7-12,16-21,25-30,34-37,39-40,43-44,50-51,53-54,59-60,62-63,82-84,88-89H,4-6,13-15,22-24,31-33,38,41-42,45-49,52,55-58,61,64-81H2,1-3H3,(H,93,94)(H,95,96)/b10-7-,11-8-,12-9-,19-16-,20-17-,21-18-,28-25-,29-26-,30-27-,37-34-,40-39-,43-35-,44-36-,53-50-,54-51-,62-59-,63-60-. The van der Waals surface area contributed by atoms with Gasteiger partial charge >= 0.3 is 33.6 Å². The summed E-state index contributed by atoms with van der Waals surface area (Å²) in [6.07, 6.45) is 103. The zero-order chi connectivity index (χ0) is 76.6. The third-order valence-corrected chi connectivity index (χ3v) is 17.4. The van der Waals surface area contributed by atoms with Gasteiger partial charge in [0.1, 0.15) is 25.4 Å². The number of phosphoric ester groups is 2. The number of ether oxygens (including phenoxy) is 3. The number of hydrogen-bond acceptors (Lipinski definition) is 14. The van der Waals surface area contributed by atoms with E-state index in [0.29, 0.717) is 25.7 Å². The zero-order valence-corrected chi connectivity index (χ0v) is 66.3. The van der Waals surface area contributed by atoms with Crippen LogP contribution in [-0.2, 0) is 55.8 Å². The maximum Gasteiger partial charge on any atom is 0.472 e. The first-order valence-corrected chi connectivity index (χ1v) is 42.4. The van der Waals surface area contributed by atoms with Crippen molar-refractivity contribution in [2.24, 2.45) is 0 Å². The van der Waals surface area contributed by atoms with Gasteiger partial charge in [0, 0.05) is 19.3 Å². The average molecular weight is 1500 g/mol. The lowest BCUT2D eigenvalue weighted by molar-refractivity contribution is -0.161. The Morgan fingerprint density at radius 3 is 0.771 bits per heavy atom. The van der Waals surface area contributed by atoms with Gasteiger partial charge in [0.05, 0.1) is 26.4 Å². The number of aliphatic hydroxyl groups excluding tert-OH is 2. The van der Waals surface area contributed by atoms with E-state index in [1.54, 1.807) is 0 Å². The Labute approximate surface area is 635 Å². The molecular formula is C87H138O16P2. The van der Waals surface area contributed by atoms with Gasteiger partial charge in [-0.15, -0.1) is 0 Å². The predicted octanol–water partition coefficient (Wildman–Crippen LogP) is 23.3. The van der Waals surface area contributed by atoms with Crippen molar-refractivity contribution < 1.29 is 75.8 Å². The van der Waals surface area contributed by atoms with Crippen LogP contribution in [0.1, 0.15) is 265 Å². The molecule has 0 spiro atoms. The summed E-state index contributed by atoms with van der Waals surface area (Å²) in [6.45, 7) is 2.20. The van der Waals surface area contributed by atoms with Crippen LogP contribution in [0.2, 0.25) is 0 Å². The molecule has 592 valence electrons. The van der Waals surface area contributed by atoms with Crippen molar-refractivity contribution in [1.29, 1.82) is 0 Å². The summed E-state index contributed by atoms with van der Waals surface area (Å²) in [6, 6.07) is 0. The second kappa shape index (κ2) is 77.7. The number of unbranched alkanes of at least 4 members (excludes halogenated alkanes) is 15. The van der Waals surface area contributed by atoms with E-state index in [4.69, 9.17) is 32.3 Å². The first kappa shape index (κ1) is 99.1. The van der Waals surface area contributed by atoms with Gasteiger partial charge in [0.25, 0.3) is 0 Å². The number of aliphatic hydroxyl groups is 2. The van der Waals surface area contributed by atoms with E-state index in [1.807, 2.05) is 0 Å². The molecule has 0 aromatic rings. The summed E-state index contributed by atoms with van der Waals surface area (Å²) in [4.78, 5) is 58.7. The van der Waals surface area contributed by atoms with Crippen molar-refractivity contribution in [3.63, 3.8) is 0 Å². The fourth-order valence-electron chi connectivity index (χ4n) is 9.60. The second-order valence-corrected chi connectivity index (χ2v) is 28.3. The molecule has 0 heterocycles. The molecule has 16 nitrogen and oxygen atoms in total. The van der Waals surface area contributed by atoms with Gasteiger partial charge in [0.2, 0.25) is 0 Å². The van der Waals surface area contributed by atoms with Gasteiger partial charge in [-0.2, -0.15) is 0 Å². The van der Waals surface area contributed by atoms with Crippen LogP contribution >= 0.6 is 15.6 Å². The summed E-state index contributed by atoms with van der Waals surface area (Å²) in [5.74, 6) is -1.70. The Morgan fingerprint density at radius 2 is 0.476 bits per heavy atom. The van der Waals surface area contributed by atoms with E-state index in [9.17, 15) is 43.5 Å². The van der Waals surface area contributed by atoms with Crippen LogP contribution in [0.5, 0.6) is 0 Å². The minimum atomic E-state index is -4.97. The summed E-state index contributed by atoms with van der Waals surface area (Å²) < 4.78 is 61.1. The van der Waals surface area contributed by atoms with Crippen molar-refractivity contribution >= 4 is 33.6 Å². The average Bonchev–Trinajstić information content (AvgIpc) is 0.914. The summed E-state index contributed by atoms with van der Waals surface area (Å²) in [7, 11) is -9.84. The molecule has 0 aromatic carbocycles. The fourth-order valence-corrected chi connectivity index (χ4v) is 11.2. The minimum Gasteiger partial charge on any atom is -0.463 e. The van der Waals surface area contributed by atoms with Gasteiger partial charge in [0.15, 0.2) is 6.10 Å². The normalized spacial score (nSPS) is 15.1. The van der Waals surface area contributed by atoms with Crippen molar-refractivity contribution in [1.82, 2.24) is 0 Å². The highest BCUT2D eigenvalue weighted by atomic mass is 31.2. The van der Waals surface area contributed by atoms with Crippen LogP contribution < -0.4 is 0 Å². The molecule has 0 aliphatic rings. The van der Waals surface area contributed by atoms with Crippen molar-refractivity contribution in [3.05, 3.63) is 207 Å². The Kier molecular flexibility index (Phi) is 73.4. The minimum absolute atomic E-state index is 0.0302. The van der Waals surface area contributed by atoms with Crippen LogP contribution in [0.3, 0.4) is 0 Å². The van der Waals surface area contributed by atoms with Crippen LogP contribution in [0, 0.1) is 0 Å². The largest absolute Gasteiger partial charge is 0.472 e. The quantitative estimate of drug-likeness (QED) is 0.0146. The van der Waals surface area contributed by atoms with Crippen LogP contribution in [0.15, 0.2) is 207 Å². The SMILES string of the molecule is CC/C=C\C/C=C\C/C=C\C/C=C\C/C=C\C/C=C\CCCCC(=O)OCC(COP(=O)(O)OCC(O)COP(=O)(O)OCC(O)COC(=O)CCCCCCCCCCCCC/C=C\C/C=C\C/C=C\C/C=C\C/C=C\CC)OC(=O)CCCC/C=C\C/C=C\C/C=C\C/C=C\C/C=C\C/C=C\CC. The molecule has 5 atom stereocenters. The number of carbonyl (C=O) groups excluding carboxylic acids is 3. The van der Waals surface area contributed by atoms with E-state index in [1.165, 1.54) is 38.5 Å².